The highest BCUT2D eigenvalue weighted by atomic mass is 16.5. The lowest BCUT2D eigenvalue weighted by Gasteiger charge is -2.48. The van der Waals surface area contributed by atoms with Gasteiger partial charge in [-0.25, -0.2) is 0 Å². The van der Waals surface area contributed by atoms with Crippen LogP contribution in [0.15, 0.2) is 22.8 Å². The molecule has 0 amide bonds. The summed E-state index contributed by atoms with van der Waals surface area (Å²) in [6.07, 6.45) is 7.93. The lowest BCUT2D eigenvalue weighted by atomic mass is 9.70. The predicted octanol–water partition coefficient (Wildman–Crippen LogP) is 3.28. The third-order valence-electron chi connectivity index (χ3n) is 4.54. The Morgan fingerprint density at radius 1 is 1.50 bits per heavy atom. The maximum absolute atomic E-state index is 6.02. The SMILES string of the molecule is CCNC(c1ccco1)C1CCOC2(CCC2)C1. The summed E-state index contributed by atoms with van der Waals surface area (Å²) in [4.78, 5) is 0. The maximum atomic E-state index is 6.02. The van der Waals surface area contributed by atoms with Gasteiger partial charge in [0.05, 0.1) is 17.9 Å². The fourth-order valence-corrected chi connectivity index (χ4v) is 3.46. The fraction of sp³-hybridized carbons (Fsp3) is 0.733. The van der Waals surface area contributed by atoms with Gasteiger partial charge in [-0.1, -0.05) is 6.92 Å². The van der Waals surface area contributed by atoms with Crippen LogP contribution in [0.5, 0.6) is 0 Å². The van der Waals surface area contributed by atoms with Gasteiger partial charge in [-0.2, -0.15) is 0 Å². The van der Waals surface area contributed by atoms with Crippen LogP contribution in [-0.4, -0.2) is 18.8 Å². The van der Waals surface area contributed by atoms with E-state index in [2.05, 4.69) is 18.3 Å². The topological polar surface area (TPSA) is 34.4 Å². The normalized spacial score (nSPS) is 27.9. The molecule has 1 aromatic heterocycles. The summed E-state index contributed by atoms with van der Waals surface area (Å²) >= 11 is 0. The monoisotopic (exact) mass is 249 g/mol. The van der Waals surface area contributed by atoms with Gasteiger partial charge in [-0.3, -0.25) is 0 Å². The second-order valence-electron chi connectivity index (χ2n) is 5.69. The molecule has 1 aliphatic carbocycles. The van der Waals surface area contributed by atoms with Crippen LogP contribution in [0.4, 0.5) is 0 Å². The van der Waals surface area contributed by atoms with E-state index in [1.807, 2.05) is 6.07 Å². The first-order valence-electron chi connectivity index (χ1n) is 7.24. The van der Waals surface area contributed by atoms with Gasteiger partial charge in [0, 0.05) is 6.61 Å². The van der Waals surface area contributed by atoms with Crippen LogP contribution in [0, 0.1) is 5.92 Å². The maximum Gasteiger partial charge on any atom is 0.120 e. The molecule has 3 heteroatoms. The summed E-state index contributed by atoms with van der Waals surface area (Å²) in [6.45, 7) is 4.05. The van der Waals surface area contributed by atoms with E-state index >= 15 is 0 Å². The highest BCUT2D eigenvalue weighted by Gasteiger charge is 2.44. The Kier molecular flexibility index (Phi) is 3.44. The smallest absolute Gasteiger partial charge is 0.120 e. The average Bonchev–Trinajstić information content (AvgIpc) is 2.88. The molecule has 2 fully saturated rings. The van der Waals surface area contributed by atoms with Crippen molar-refractivity contribution in [2.24, 2.45) is 5.92 Å². The molecule has 3 rings (SSSR count). The van der Waals surface area contributed by atoms with E-state index in [-0.39, 0.29) is 5.60 Å². The van der Waals surface area contributed by atoms with Crippen LogP contribution in [0.2, 0.25) is 0 Å². The van der Waals surface area contributed by atoms with Crippen molar-refractivity contribution in [3.8, 4) is 0 Å². The summed E-state index contributed by atoms with van der Waals surface area (Å²) in [7, 11) is 0. The van der Waals surface area contributed by atoms with E-state index in [9.17, 15) is 0 Å². The predicted molar refractivity (Wildman–Crippen MR) is 70.4 cm³/mol. The van der Waals surface area contributed by atoms with Crippen LogP contribution in [0.1, 0.15) is 50.8 Å². The molecule has 0 aromatic carbocycles. The van der Waals surface area contributed by atoms with Crippen LogP contribution in [0.25, 0.3) is 0 Å². The first-order chi connectivity index (χ1) is 8.83. The molecule has 1 spiro atoms. The molecule has 3 nitrogen and oxygen atoms in total. The van der Waals surface area contributed by atoms with Crippen molar-refractivity contribution in [1.29, 1.82) is 0 Å². The molecule has 2 aliphatic rings. The Labute approximate surface area is 109 Å². The van der Waals surface area contributed by atoms with Gasteiger partial charge in [-0.05, 0) is 56.7 Å². The van der Waals surface area contributed by atoms with Gasteiger partial charge in [-0.15, -0.1) is 0 Å². The van der Waals surface area contributed by atoms with Crippen LogP contribution in [0.3, 0.4) is 0 Å². The Morgan fingerprint density at radius 2 is 2.39 bits per heavy atom. The minimum atomic E-state index is 0.211. The van der Waals surface area contributed by atoms with Crippen molar-refractivity contribution < 1.29 is 9.15 Å². The summed E-state index contributed by atoms with van der Waals surface area (Å²) in [6, 6.07) is 4.43. The van der Waals surface area contributed by atoms with Crippen molar-refractivity contribution >= 4 is 0 Å². The number of ether oxygens (including phenoxy) is 1. The van der Waals surface area contributed by atoms with Gasteiger partial charge < -0.3 is 14.5 Å². The Bertz CT molecular complexity index is 370. The third-order valence-corrected chi connectivity index (χ3v) is 4.54. The van der Waals surface area contributed by atoms with Crippen molar-refractivity contribution in [2.45, 2.75) is 50.7 Å². The molecule has 1 saturated heterocycles. The number of furan rings is 1. The zero-order chi connectivity index (χ0) is 12.4. The van der Waals surface area contributed by atoms with Crippen LogP contribution in [-0.2, 0) is 4.74 Å². The molecule has 18 heavy (non-hydrogen) atoms. The fourth-order valence-electron chi connectivity index (χ4n) is 3.46. The molecular weight excluding hydrogens is 226 g/mol. The summed E-state index contributed by atoms with van der Waals surface area (Å²) < 4.78 is 11.6. The second kappa shape index (κ2) is 5.06. The Hall–Kier alpha value is -0.800. The molecule has 1 aliphatic heterocycles. The van der Waals surface area contributed by atoms with E-state index in [0.29, 0.717) is 12.0 Å². The second-order valence-corrected chi connectivity index (χ2v) is 5.69. The van der Waals surface area contributed by atoms with Crippen molar-refractivity contribution in [1.82, 2.24) is 5.32 Å². The minimum Gasteiger partial charge on any atom is -0.468 e. The van der Waals surface area contributed by atoms with Crippen molar-refractivity contribution in [2.75, 3.05) is 13.2 Å². The van der Waals surface area contributed by atoms with E-state index in [1.54, 1.807) is 6.26 Å². The highest BCUT2D eigenvalue weighted by Crippen LogP contribution is 2.47. The van der Waals surface area contributed by atoms with Crippen molar-refractivity contribution in [3.63, 3.8) is 0 Å². The molecule has 0 radical (unpaired) electrons. The van der Waals surface area contributed by atoms with E-state index in [4.69, 9.17) is 9.15 Å². The van der Waals surface area contributed by atoms with Crippen LogP contribution >= 0.6 is 0 Å². The number of nitrogens with one attached hydrogen (secondary N) is 1. The largest absolute Gasteiger partial charge is 0.468 e. The lowest BCUT2D eigenvalue weighted by molar-refractivity contribution is -0.148. The quantitative estimate of drug-likeness (QED) is 0.889. The standard InChI is InChI=1S/C15H23NO2/c1-2-16-14(13-5-3-9-17-13)12-6-10-18-15(11-12)7-4-8-15/h3,5,9,12,14,16H,2,4,6-8,10-11H2,1H3. The summed E-state index contributed by atoms with van der Waals surface area (Å²) in [5, 5.41) is 3.59. The van der Waals surface area contributed by atoms with Gasteiger partial charge in [0.15, 0.2) is 0 Å². The summed E-state index contributed by atoms with van der Waals surface area (Å²) in [5.74, 6) is 1.73. The molecule has 1 aromatic rings. The van der Waals surface area contributed by atoms with E-state index < -0.39 is 0 Å². The Balaban J connectivity index is 1.73. The average molecular weight is 249 g/mol. The molecule has 2 atom stereocenters. The van der Waals surface area contributed by atoms with Gasteiger partial charge in [0.2, 0.25) is 0 Å². The van der Waals surface area contributed by atoms with Gasteiger partial charge in [0.25, 0.3) is 0 Å². The number of hydrogen-bond acceptors (Lipinski definition) is 3. The molecule has 1 saturated carbocycles. The zero-order valence-electron chi connectivity index (χ0n) is 11.2. The van der Waals surface area contributed by atoms with Crippen molar-refractivity contribution in [3.05, 3.63) is 24.2 Å². The van der Waals surface area contributed by atoms with Gasteiger partial charge in [0.1, 0.15) is 5.76 Å². The molecule has 2 unspecified atom stereocenters. The van der Waals surface area contributed by atoms with E-state index in [0.717, 1.165) is 25.3 Å². The first kappa shape index (κ1) is 12.2. The first-order valence-corrected chi connectivity index (χ1v) is 7.24. The highest BCUT2D eigenvalue weighted by molar-refractivity contribution is 5.08. The lowest BCUT2D eigenvalue weighted by Crippen LogP contribution is -2.48. The van der Waals surface area contributed by atoms with Gasteiger partial charge >= 0.3 is 0 Å². The molecule has 2 heterocycles. The zero-order valence-corrected chi connectivity index (χ0v) is 11.2. The number of hydrogen-bond donors (Lipinski definition) is 1. The Morgan fingerprint density at radius 3 is 3.00 bits per heavy atom. The number of rotatable bonds is 4. The van der Waals surface area contributed by atoms with Crippen LogP contribution < -0.4 is 5.32 Å². The molecule has 100 valence electrons. The molecular formula is C15H23NO2. The van der Waals surface area contributed by atoms with E-state index in [1.165, 1.54) is 25.7 Å². The summed E-state index contributed by atoms with van der Waals surface area (Å²) in [5.41, 5.74) is 0.211. The third kappa shape index (κ3) is 2.21. The minimum absolute atomic E-state index is 0.211. The molecule has 0 bridgehead atoms. The molecule has 1 N–H and O–H groups in total.